The predicted molar refractivity (Wildman–Crippen MR) is 111 cm³/mol. The molecular weight excluding hydrogens is 442 g/mol. The Hall–Kier alpha value is -3.13. The molecule has 0 heterocycles. The van der Waals surface area contributed by atoms with Crippen molar-refractivity contribution in [2.45, 2.75) is 20.0 Å². The van der Waals surface area contributed by atoms with E-state index in [1.807, 2.05) is 0 Å². The van der Waals surface area contributed by atoms with Crippen LogP contribution in [0.5, 0.6) is 5.75 Å². The highest BCUT2D eigenvalue weighted by Gasteiger charge is 2.25. The highest BCUT2D eigenvalue weighted by atomic mass is 79.9. The average molecular weight is 462 g/mol. The number of ketones is 1. The van der Waals surface area contributed by atoms with Crippen LogP contribution in [0.3, 0.4) is 0 Å². The molecule has 0 saturated carbocycles. The van der Waals surface area contributed by atoms with Gasteiger partial charge in [0.05, 0.1) is 0 Å². The standard InChI is InChI=1S/C21H20BrNO6/c1-12(3-10-19(26)27)20(17-11-15(22)6-9-18(17)25)29-21(28)23-16-7-4-14(5-8-16)13(2)24/h3-12,20,25H,1-2H3,(H,23,28)(H,26,27)/b10-3+/t12-,20-/m0/s1. The zero-order valence-electron chi connectivity index (χ0n) is 15.8. The number of carboxylic acids is 1. The summed E-state index contributed by atoms with van der Waals surface area (Å²) in [6.07, 6.45) is 0.594. The number of rotatable bonds is 7. The Labute approximate surface area is 176 Å². The van der Waals surface area contributed by atoms with Crippen molar-refractivity contribution >= 4 is 39.5 Å². The largest absolute Gasteiger partial charge is 0.508 e. The monoisotopic (exact) mass is 461 g/mol. The van der Waals surface area contributed by atoms with E-state index in [4.69, 9.17) is 9.84 Å². The molecule has 0 bridgehead atoms. The van der Waals surface area contributed by atoms with E-state index in [-0.39, 0.29) is 11.5 Å². The Balaban J connectivity index is 2.24. The number of carbonyl (C=O) groups is 3. The van der Waals surface area contributed by atoms with Crippen LogP contribution in [0.4, 0.5) is 10.5 Å². The molecule has 2 atom stereocenters. The predicted octanol–water partition coefficient (Wildman–Crippen LogP) is 4.92. The molecule has 7 nitrogen and oxygen atoms in total. The lowest BCUT2D eigenvalue weighted by molar-refractivity contribution is -0.131. The number of halogens is 1. The second kappa shape index (κ2) is 9.88. The van der Waals surface area contributed by atoms with Crippen molar-refractivity contribution in [2.24, 2.45) is 5.92 Å². The van der Waals surface area contributed by atoms with Crippen molar-refractivity contribution in [2.75, 3.05) is 5.32 Å². The average Bonchev–Trinajstić information content (AvgIpc) is 2.66. The molecule has 3 N–H and O–H groups in total. The summed E-state index contributed by atoms with van der Waals surface area (Å²) < 4.78 is 6.17. The molecule has 0 aliphatic carbocycles. The first-order valence-corrected chi connectivity index (χ1v) is 9.45. The molecule has 0 radical (unpaired) electrons. The smallest absolute Gasteiger partial charge is 0.412 e. The van der Waals surface area contributed by atoms with Crippen molar-refractivity contribution in [3.8, 4) is 5.75 Å². The summed E-state index contributed by atoms with van der Waals surface area (Å²) in [5.74, 6) is -1.86. The summed E-state index contributed by atoms with van der Waals surface area (Å²) in [5, 5.41) is 21.6. The molecule has 0 unspecified atom stereocenters. The highest BCUT2D eigenvalue weighted by molar-refractivity contribution is 9.10. The number of aromatic hydroxyl groups is 1. The second-order valence-corrected chi connectivity index (χ2v) is 7.26. The number of phenolic OH excluding ortho intramolecular Hbond substituents is 1. The molecule has 0 saturated heterocycles. The maximum absolute atomic E-state index is 12.4. The fourth-order valence-electron chi connectivity index (χ4n) is 2.59. The maximum Gasteiger partial charge on any atom is 0.412 e. The zero-order valence-corrected chi connectivity index (χ0v) is 17.3. The number of nitrogens with one attached hydrogen (secondary N) is 1. The molecule has 2 rings (SSSR count). The van der Waals surface area contributed by atoms with Gasteiger partial charge in [0.15, 0.2) is 5.78 Å². The van der Waals surface area contributed by atoms with E-state index in [1.165, 1.54) is 19.1 Å². The van der Waals surface area contributed by atoms with Gasteiger partial charge < -0.3 is 14.9 Å². The van der Waals surface area contributed by atoms with Crippen molar-refractivity contribution in [1.82, 2.24) is 0 Å². The number of carbonyl (C=O) groups excluding carboxylic acids is 2. The highest BCUT2D eigenvalue weighted by Crippen LogP contribution is 2.35. The van der Waals surface area contributed by atoms with E-state index >= 15 is 0 Å². The number of amides is 1. The third-order valence-corrected chi connectivity index (χ3v) is 4.58. The Morgan fingerprint density at radius 1 is 1.14 bits per heavy atom. The molecule has 2 aromatic rings. The van der Waals surface area contributed by atoms with Gasteiger partial charge in [0.2, 0.25) is 0 Å². The minimum Gasteiger partial charge on any atom is -0.508 e. The molecule has 0 aromatic heterocycles. The van der Waals surface area contributed by atoms with Crippen LogP contribution in [0, 0.1) is 5.92 Å². The minimum absolute atomic E-state index is 0.0904. The number of anilines is 1. The van der Waals surface area contributed by atoms with E-state index in [0.29, 0.717) is 21.3 Å². The van der Waals surface area contributed by atoms with E-state index < -0.39 is 24.1 Å². The van der Waals surface area contributed by atoms with Gasteiger partial charge in [0.25, 0.3) is 0 Å². The van der Waals surface area contributed by atoms with Gasteiger partial charge in [-0.25, -0.2) is 9.59 Å². The number of ether oxygens (including phenoxy) is 1. The van der Waals surface area contributed by atoms with Gasteiger partial charge in [-0.1, -0.05) is 28.9 Å². The van der Waals surface area contributed by atoms with Crippen LogP contribution in [-0.2, 0) is 9.53 Å². The third kappa shape index (κ3) is 6.46. The fourth-order valence-corrected chi connectivity index (χ4v) is 2.97. The molecule has 0 aliphatic heterocycles. The van der Waals surface area contributed by atoms with E-state index in [1.54, 1.807) is 43.3 Å². The molecule has 152 valence electrons. The van der Waals surface area contributed by atoms with Crippen LogP contribution in [-0.4, -0.2) is 28.1 Å². The van der Waals surface area contributed by atoms with Gasteiger partial charge in [0, 0.05) is 33.3 Å². The summed E-state index contributed by atoms with van der Waals surface area (Å²) in [6, 6.07) is 11.0. The van der Waals surface area contributed by atoms with Gasteiger partial charge in [-0.2, -0.15) is 0 Å². The van der Waals surface area contributed by atoms with Crippen molar-refractivity contribution in [1.29, 1.82) is 0 Å². The number of hydrogen-bond acceptors (Lipinski definition) is 5. The van der Waals surface area contributed by atoms with E-state index in [9.17, 15) is 19.5 Å². The summed E-state index contributed by atoms with van der Waals surface area (Å²) in [6.45, 7) is 3.11. The quantitative estimate of drug-likeness (QED) is 0.398. The number of Topliss-reactive ketones (excluding diaryl/α,β-unsaturated/α-hetero) is 1. The molecule has 0 aliphatic rings. The van der Waals surface area contributed by atoms with Gasteiger partial charge in [-0.05, 0) is 49.4 Å². The van der Waals surface area contributed by atoms with E-state index in [2.05, 4.69) is 21.2 Å². The summed E-state index contributed by atoms with van der Waals surface area (Å²) in [5.41, 5.74) is 1.25. The van der Waals surface area contributed by atoms with Crippen LogP contribution in [0.25, 0.3) is 0 Å². The maximum atomic E-state index is 12.4. The van der Waals surface area contributed by atoms with Gasteiger partial charge >= 0.3 is 12.1 Å². The van der Waals surface area contributed by atoms with Crippen molar-refractivity contribution < 1.29 is 29.3 Å². The third-order valence-electron chi connectivity index (χ3n) is 4.09. The van der Waals surface area contributed by atoms with Crippen LogP contribution < -0.4 is 5.32 Å². The zero-order chi connectivity index (χ0) is 21.6. The number of carboxylic acid groups (broad SMARTS) is 1. The van der Waals surface area contributed by atoms with Gasteiger partial charge in [-0.15, -0.1) is 0 Å². The number of hydrogen-bond donors (Lipinski definition) is 3. The Morgan fingerprint density at radius 3 is 2.38 bits per heavy atom. The summed E-state index contributed by atoms with van der Waals surface area (Å²) in [7, 11) is 0. The van der Waals surface area contributed by atoms with Gasteiger partial charge in [-0.3, -0.25) is 10.1 Å². The Morgan fingerprint density at radius 2 is 1.79 bits per heavy atom. The number of phenols is 1. The van der Waals surface area contributed by atoms with Crippen molar-refractivity contribution in [3.05, 3.63) is 70.2 Å². The topological polar surface area (TPSA) is 113 Å². The van der Waals surface area contributed by atoms with Crippen molar-refractivity contribution in [3.63, 3.8) is 0 Å². The summed E-state index contributed by atoms with van der Waals surface area (Å²) in [4.78, 5) is 34.6. The van der Waals surface area contributed by atoms with Crippen LogP contribution in [0.1, 0.15) is 35.9 Å². The first-order valence-electron chi connectivity index (χ1n) is 8.65. The molecule has 2 aromatic carbocycles. The number of aliphatic carboxylic acids is 1. The first-order chi connectivity index (χ1) is 13.7. The fraction of sp³-hybridized carbons (Fsp3) is 0.190. The molecular formula is C21H20BrNO6. The second-order valence-electron chi connectivity index (χ2n) is 6.34. The first kappa shape index (κ1) is 22.2. The van der Waals surface area contributed by atoms with Crippen LogP contribution in [0.15, 0.2) is 59.1 Å². The lowest BCUT2D eigenvalue weighted by Gasteiger charge is -2.23. The Bertz CT molecular complexity index is 939. The van der Waals surface area contributed by atoms with Crippen LogP contribution in [0.2, 0.25) is 0 Å². The molecule has 0 fully saturated rings. The van der Waals surface area contributed by atoms with Gasteiger partial charge in [0.1, 0.15) is 11.9 Å². The molecule has 0 spiro atoms. The molecule has 29 heavy (non-hydrogen) atoms. The number of benzene rings is 2. The Kier molecular flexibility index (Phi) is 7.55. The lowest BCUT2D eigenvalue weighted by atomic mass is 9.96. The lowest BCUT2D eigenvalue weighted by Crippen LogP contribution is -2.21. The summed E-state index contributed by atoms with van der Waals surface area (Å²) >= 11 is 3.31. The molecule has 8 heteroatoms. The van der Waals surface area contributed by atoms with Crippen LogP contribution >= 0.6 is 15.9 Å². The SMILES string of the molecule is CC(=O)c1ccc(NC(=O)O[C@H](c2cc(Br)ccc2O)[C@@H](C)/C=C/C(=O)O)cc1. The molecule has 1 amide bonds. The minimum atomic E-state index is -1.14. The normalized spacial score (nSPS) is 12.9. The van der Waals surface area contributed by atoms with E-state index in [0.717, 1.165) is 6.08 Å².